The molecule has 0 radical (unpaired) electrons. The number of ether oxygens (including phenoxy) is 1. The fourth-order valence-corrected chi connectivity index (χ4v) is 1.73. The number of esters is 1. The highest BCUT2D eigenvalue weighted by Gasteiger charge is 2.09. The molecule has 2 rings (SSSR count). The predicted molar refractivity (Wildman–Crippen MR) is 68.8 cm³/mol. The van der Waals surface area contributed by atoms with E-state index in [0.717, 1.165) is 10.0 Å². The number of hydrogen-bond acceptors (Lipinski definition) is 3. The van der Waals surface area contributed by atoms with Crippen molar-refractivity contribution in [3.63, 3.8) is 0 Å². The molecule has 0 aliphatic heterocycles. The van der Waals surface area contributed by atoms with Gasteiger partial charge in [-0.1, -0.05) is 12.1 Å². The van der Waals surface area contributed by atoms with Crippen LogP contribution in [0.1, 0.15) is 21.6 Å². The Morgan fingerprint density at radius 3 is 2.67 bits per heavy atom. The lowest BCUT2D eigenvalue weighted by Crippen LogP contribution is -2.05. The van der Waals surface area contributed by atoms with Crippen molar-refractivity contribution < 1.29 is 9.53 Å². The van der Waals surface area contributed by atoms with Crippen LogP contribution in [0, 0.1) is 11.3 Å². The van der Waals surface area contributed by atoms with Gasteiger partial charge in [0.05, 0.1) is 11.6 Å². The van der Waals surface area contributed by atoms with Gasteiger partial charge in [0.1, 0.15) is 12.3 Å². The van der Waals surface area contributed by atoms with E-state index >= 15 is 0 Å². The summed E-state index contributed by atoms with van der Waals surface area (Å²) in [5.74, 6) is -0.412. The molecule has 0 aliphatic rings. The van der Waals surface area contributed by atoms with Gasteiger partial charge in [0.25, 0.3) is 0 Å². The van der Waals surface area contributed by atoms with Crippen LogP contribution >= 0.6 is 15.9 Å². The van der Waals surface area contributed by atoms with Gasteiger partial charge in [-0.2, -0.15) is 5.26 Å². The molecular formula is C13H9BrN2O2. The lowest BCUT2D eigenvalue weighted by molar-refractivity contribution is 0.0466. The Labute approximate surface area is 112 Å². The van der Waals surface area contributed by atoms with E-state index < -0.39 is 5.97 Å². The minimum absolute atomic E-state index is 0.182. The summed E-state index contributed by atoms with van der Waals surface area (Å²) in [6, 6.07) is 10.6. The summed E-state index contributed by atoms with van der Waals surface area (Å²) >= 11 is 3.24. The molecule has 1 aromatic heterocycles. The van der Waals surface area contributed by atoms with Crippen molar-refractivity contribution in [2.75, 3.05) is 0 Å². The van der Waals surface area contributed by atoms with Gasteiger partial charge >= 0.3 is 5.97 Å². The van der Waals surface area contributed by atoms with Crippen LogP contribution in [0.15, 0.2) is 41.0 Å². The number of nitrogens with zero attached hydrogens (tertiary/aromatic N) is 1. The zero-order valence-corrected chi connectivity index (χ0v) is 10.9. The van der Waals surface area contributed by atoms with E-state index in [1.165, 1.54) is 0 Å². The maximum absolute atomic E-state index is 11.6. The van der Waals surface area contributed by atoms with Gasteiger partial charge in [-0.15, -0.1) is 0 Å². The molecule has 4 nitrogen and oxygen atoms in total. The second-order valence-corrected chi connectivity index (χ2v) is 4.53. The zero-order chi connectivity index (χ0) is 13.0. The zero-order valence-electron chi connectivity index (χ0n) is 9.31. The highest BCUT2D eigenvalue weighted by molar-refractivity contribution is 9.10. The molecule has 0 unspecified atom stereocenters. The van der Waals surface area contributed by atoms with E-state index in [2.05, 4.69) is 20.9 Å². The fourth-order valence-electron chi connectivity index (χ4n) is 1.39. The molecule has 18 heavy (non-hydrogen) atoms. The number of aromatic nitrogens is 1. The van der Waals surface area contributed by atoms with Crippen LogP contribution in [0.2, 0.25) is 0 Å². The van der Waals surface area contributed by atoms with E-state index in [4.69, 9.17) is 10.00 Å². The molecule has 0 aliphatic carbocycles. The van der Waals surface area contributed by atoms with Crippen LogP contribution < -0.4 is 0 Å². The molecule has 1 aromatic carbocycles. The molecule has 0 atom stereocenters. The Balaban J connectivity index is 1.95. The molecular weight excluding hydrogens is 296 g/mol. The summed E-state index contributed by atoms with van der Waals surface area (Å²) in [5.41, 5.74) is 1.82. The molecule has 0 saturated heterocycles. The summed E-state index contributed by atoms with van der Waals surface area (Å²) < 4.78 is 5.93. The lowest BCUT2D eigenvalue weighted by atomic mass is 10.2. The first kappa shape index (κ1) is 12.4. The van der Waals surface area contributed by atoms with Crippen molar-refractivity contribution in [2.24, 2.45) is 0 Å². The van der Waals surface area contributed by atoms with Crippen molar-refractivity contribution in [2.45, 2.75) is 6.61 Å². The number of nitriles is 1. The summed E-state index contributed by atoms with van der Waals surface area (Å²) in [6.45, 7) is 0.182. The Kier molecular flexibility index (Phi) is 3.80. The summed E-state index contributed by atoms with van der Waals surface area (Å²) in [6.07, 6.45) is 1.66. The first-order chi connectivity index (χ1) is 8.69. The Bertz CT molecular complexity index is 596. The maximum atomic E-state index is 11.6. The number of rotatable bonds is 3. The topological polar surface area (TPSA) is 65.9 Å². The van der Waals surface area contributed by atoms with Crippen LogP contribution in [0.3, 0.4) is 0 Å². The normalized spacial score (nSPS) is 9.78. The first-order valence-electron chi connectivity index (χ1n) is 5.19. The Morgan fingerprint density at radius 2 is 2.11 bits per heavy atom. The molecule has 90 valence electrons. The second kappa shape index (κ2) is 5.52. The molecule has 0 saturated carbocycles. The number of aromatic amines is 1. The molecule has 0 fully saturated rings. The van der Waals surface area contributed by atoms with Gasteiger partial charge in [0, 0.05) is 10.7 Å². The van der Waals surface area contributed by atoms with Gasteiger partial charge in [-0.05, 0) is 39.7 Å². The standard InChI is InChI=1S/C13H9BrN2O2/c14-11-5-12(16-7-11)13(17)18-8-10-3-1-9(6-15)2-4-10/h1-5,7,16H,8H2. The molecule has 0 bridgehead atoms. The van der Waals surface area contributed by atoms with Gasteiger partial charge in [-0.3, -0.25) is 0 Å². The van der Waals surface area contributed by atoms with E-state index in [0.29, 0.717) is 11.3 Å². The van der Waals surface area contributed by atoms with E-state index in [1.807, 2.05) is 6.07 Å². The summed E-state index contributed by atoms with van der Waals surface area (Å²) in [7, 11) is 0. The second-order valence-electron chi connectivity index (χ2n) is 3.62. The third-order valence-electron chi connectivity index (χ3n) is 2.32. The van der Waals surface area contributed by atoms with Gasteiger partial charge in [0.15, 0.2) is 0 Å². The van der Waals surface area contributed by atoms with E-state index in [1.54, 1.807) is 36.5 Å². The van der Waals surface area contributed by atoms with Crippen LogP contribution in [0.25, 0.3) is 0 Å². The highest BCUT2D eigenvalue weighted by Crippen LogP contribution is 2.12. The molecule has 0 spiro atoms. The van der Waals surface area contributed by atoms with E-state index in [9.17, 15) is 4.79 Å². The number of carbonyl (C=O) groups excluding carboxylic acids is 1. The van der Waals surface area contributed by atoms with E-state index in [-0.39, 0.29) is 6.61 Å². The predicted octanol–water partition coefficient (Wildman–Crippen LogP) is 3.01. The monoisotopic (exact) mass is 304 g/mol. The third kappa shape index (κ3) is 2.99. The molecule has 1 heterocycles. The third-order valence-corrected chi connectivity index (χ3v) is 2.78. The van der Waals surface area contributed by atoms with Crippen molar-refractivity contribution in [1.29, 1.82) is 5.26 Å². The smallest absolute Gasteiger partial charge is 0.355 e. The highest BCUT2D eigenvalue weighted by atomic mass is 79.9. The van der Waals surface area contributed by atoms with Crippen LogP contribution in [0.4, 0.5) is 0 Å². The first-order valence-corrected chi connectivity index (χ1v) is 5.98. The average molecular weight is 305 g/mol. The fraction of sp³-hybridized carbons (Fsp3) is 0.0769. The van der Waals surface area contributed by atoms with Crippen LogP contribution in [0.5, 0.6) is 0 Å². The van der Waals surface area contributed by atoms with Gasteiger partial charge in [-0.25, -0.2) is 4.79 Å². The number of benzene rings is 1. The quantitative estimate of drug-likeness (QED) is 0.886. The van der Waals surface area contributed by atoms with Crippen molar-refractivity contribution in [3.8, 4) is 6.07 Å². The Morgan fingerprint density at radius 1 is 1.39 bits per heavy atom. The minimum atomic E-state index is -0.412. The number of halogens is 1. The Hall–Kier alpha value is -2.06. The maximum Gasteiger partial charge on any atom is 0.355 e. The number of hydrogen-bond donors (Lipinski definition) is 1. The molecule has 2 aromatic rings. The largest absolute Gasteiger partial charge is 0.456 e. The van der Waals surface area contributed by atoms with Gasteiger partial charge in [0.2, 0.25) is 0 Å². The summed E-state index contributed by atoms with van der Waals surface area (Å²) in [5, 5.41) is 8.65. The van der Waals surface area contributed by atoms with Crippen LogP contribution in [-0.2, 0) is 11.3 Å². The molecule has 1 N–H and O–H groups in total. The van der Waals surface area contributed by atoms with Gasteiger partial charge < -0.3 is 9.72 Å². The number of nitrogens with one attached hydrogen (secondary N) is 1. The summed E-state index contributed by atoms with van der Waals surface area (Å²) in [4.78, 5) is 14.4. The SMILES string of the molecule is N#Cc1ccc(COC(=O)c2cc(Br)c[nH]2)cc1. The van der Waals surface area contributed by atoms with Crippen LogP contribution in [-0.4, -0.2) is 11.0 Å². The lowest BCUT2D eigenvalue weighted by Gasteiger charge is -2.03. The van der Waals surface area contributed by atoms with Crippen molar-refractivity contribution in [1.82, 2.24) is 4.98 Å². The van der Waals surface area contributed by atoms with Crippen molar-refractivity contribution >= 4 is 21.9 Å². The average Bonchev–Trinajstić information content (AvgIpc) is 2.83. The minimum Gasteiger partial charge on any atom is -0.456 e. The number of H-pyrrole nitrogens is 1. The molecule has 5 heteroatoms. The molecule has 0 amide bonds. The number of carbonyl (C=O) groups is 1. The van der Waals surface area contributed by atoms with Crippen molar-refractivity contribution in [3.05, 3.63) is 57.8 Å².